The molecule has 0 aliphatic rings. The first kappa shape index (κ1) is 18.0. The summed E-state index contributed by atoms with van der Waals surface area (Å²) in [5, 5.41) is 9.17. The number of methoxy groups -OCH3 is 1. The van der Waals surface area contributed by atoms with Crippen LogP contribution >= 0.6 is 0 Å². The summed E-state index contributed by atoms with van der Waals surface area (Å²) in [6, 6.07) is 10.8. The van der Waals surface area contributed by atoms with Gasteiger partial charge in [-0.05, 0) is 24.3 Å². The third kappa shape index (κ3) is 3.07. The van der Waals surface area contributed by atoms with Crippen molar-refractivity contribution in [1.29, 1.82) is 5.26 Å². The van der Waals surface area contributed by atoms with E-state index >= 15 is 4.39 Å². The van der Waals surface area contributed by atoms with Gasteiger partial charge in [-0.3, -0.25) is 0 Å². The third-order valence-corrected chi connectivity index (χ3v) is 3.89. The van der Waals surface area contributed by atoms with Crippen molar-refractivity contribution in [2.75, 3.05) is 7.11 Å². The molecule has 0 saturated heterocycles. The summed E-state index contributed by atoms with van der Waals surface area (Å²) < 4.78 is 48.5. The molecule has 1 aromatic heterocycles. The van der Waals surface area contributed by atoms with Crippen LogP contribution in [0.3, 0.4) is 0 Å². The van der Waals surface area contributed by atoms with Crippen LogP contribution in [-0.4, -0.2) is 12.1 Å². The number of hydrogen-bond donors (Lipinski definition) is 0. The molecule has 1 heterocycles. The largest absolute Gasteiger partial charge is 0.506 e. The summed E-state index contributed by atoms with van der Waals surface area (Å²) in [5.74, 6) is -2.66. The lowest BCUT2D eigenvalue weighted by atomic mass is 10.0. The van der Waals surface area contributed by atoms with Gasteiger partial charge in [-0.2, -0.15) is 0 Å². The van der Waals surface area contributed by atoms with Crippen molar-refractivity contribution in [1.82, 2.24) is 4.98 Å². The van der Waals surface area contributed by atoms with Crippen molar-refractivity contribution in [2.24, 2.45) is 0 Å². The van der Waals surface area contributed by atoms with Gasteiger partial charge >= 0.3 is 5.70 Å². The van der Waals surface area contributed by atoms with Crippen molar-refractivity contribution >= 4 is 16.7 Å². The molecule has 2 aromatic carbocycles. The van der Waals surface area contributed by atoms with E-state index in [1.165, 1.54) is 37.4 Å². The zero-order valence-electron chi connectivity index (χ0n) is 13.9. The predicted octanol–water partition coefficient (Wildman–Crippen LogP) is 5.08. The second-order valence-electron chi connectivity index (χ2n) is 5.40. The Bertz CT molecular complexity index is 1160. The van der Waals surface area contributed by atoms with E-state index in [9.17, 15) is 8.78 Å². The van der Waals surface area contributed by atoms with Crippen molar-refractivity contribution in [2.45, 2.75) is 0 Å². The van der Waals surface area contributed by atoms with Crippen LogP contribution in [0.15, 0.2) is 48.2 Å². The molecule has 132 valence electrons. The number of halogens is 3. The molecule has 0 bridgehead atoms. The molecule has 0 spiro atoms. The van der Waals surface area contributed by atoms with E-state index < -0.39 is 23.1 Å². The quantitative estimate of drug-likeness (QED) is 0.370. The number of rotatable bonds is 3. The van der Waals surface area contributed by atoms with Crippen LogP contribution in [0.1, 0.15) is 5.56 Å². The minimum absolute atomic E-state index is 0.108. The highest BCUT2D eigenvalue weighted by Gasteiger charge is 2.20. The molecule has 0 aliphatic carbocycles. The van der Waals surface area contributed by atoms with Gasteiger partial charge in [-0.25, -0.2) is 28.3 Å². The normalized spacial score (nSPS) is 11.5. The van der Waals surface area contributed by atoms with Crippen LogP contribution in [0.5, 0.6) is 0 Å². The summed E-state index contributed by atoms with van der Waals surface area (Å²) in [7, 11) is 1.20. The summed E-state index contributed by atoms with van der Waals surface area (Å²) in [4.78, 5) is 6.98. The first-order valence-corrected chi connectivity index (χ1v) is 7.61. The molecule has 0 N–H and O–H groups in total. The number of ether oxygens (including phenoxy) is 1. The molecule has 0 atom stereocenters. The van der Waals surface area contributed by atoms with Crippen molar-refractivity contribution in [3.05, 3.63) is 82.6 Å². The van der Waals surface area contributed by atoms with E-state index in [2.05, 4.69) is 9.83 Å². The minimum Gasteiger partial charge on any atom is -0.506 e. The first-order chi connectivity index (χ1) is 13.0. The maximum atomic E-state index is 15.1. The Morgan fingerprint density at radius 3 is 2.52 bits per heavy atom. The zero-order valence-corrected chi connectivity index (χ0v) is 13.9. The zero-order chi connectivity index (χ0) is 19.6. The molecule has 27 heavy (non-hydrogen) atoms. The Morgan fingerprint density at radius 1 is 1.15 bits per heavy atom. The number of hydrogen-bond acceptors (Lipinski definition) is 3. The van der Waals surface area contributed by atoms with E-state index in [0.29, 0.717) is 0 Å². The number of fused-ring (bicyclic) bond motifs is 1. The molecule has 0 aliphatic heterocycles. The third-order valence-electron chi connectivity index (χ3n) is 3.89. The molecule has 0 radical (unpaired) electrons. The second-order valence-corrected chi connectivity index (χ2v) is 5.40. The van der Waals surface area contributed by atoms with Gasteiger partial charge in [-0.15, -0.1) is 0 Å². The van der Waals surface area contributed by atoms with Crippen LogP contribution in [0, 0.1) is 35.4 Å². The number of pyridine rings is 1. The van der Waals surface area contributed by atoms with Crippen molar-refractivity contribution < 1.29 is 17.9 Å². The molecule has 0 unspecified atom stereocenters. The molecule has 0 fully saturated rings. The fraction of sp³-hybridized carbons (Fsp3) is 0.0500. The van der Waals surface area contributed by atoms with E-state index in [4.69, 9.17) is 16.6 Å². The van der Waals surface area contributed by atoms with Gasteiger partial charge in [0.05, 0.1) is 19.8 Å². The summed E-state index contributed by atoms with van der Waals surface area (Å²) >= 11 is 0. The van der Waals surface area contributed by atoms with Gasteiger partial charge in [0.15, 0.2) is 5.82 Å². The van der Waals surface area contributed by atoms with E-state index in [0.717, 1.165) is 12.1 Å². The van der Waals surface area contributed by atoms with Crippen LogP contribution in [-0.2, 0) is 4.74 Å². The average molecular weight is 365 g/mol. The van der Waals surface area contributed by atoms with E-state index in [-0.39, 0.29) is 33.5 Å². The lowest BCUT2D eigenvalue weighted by Gasteiger charge is -2.11. The van der Waals surface area contributed by atoms with Crippen LogP contribution in [0.4, 0.5) is 13.2 Å². The van der Waals surface area contributed by atoms with Crippen molar-refractivity contribution in [3.63, 3.8) is 0 Å². The molecule has 0 amide bonds. The Kier molecular flexibility index (Phi) is 4.78. The van der Waals surface area contributed by atoms with Crippen LogP contribution in [0.25, 0.3) is 32.8 Å². The number of benzene rings is 2. The highest BCUT2D eigenvalue weighted by molar-refractivity contribution is 5.86. The molecule has 3 aromatic rings. The van der Waals surface area contributed by atoms with Gasteiger partial charge in [-0.1, -0.05) is 18.2 Å². The Morgan fingerprint density at radius 2 is 1.89 bits per heavy atom. The van der Waals surface area contributed by atoms with Crippen molar-refractivity contribution in [3.8, 4) is 17.3 Å². The smallest absolute Gasteiger partial charge is 0.303 e. The highest BCUT2D eigenvalue weighted by atomic mass is 19.1. The molecule has 0 saturated carbocycles. The molecular weight excluding hydrogens is 355 g/mol. The first-order valence-electron chi connectivity index (χ1n) is 7.61. The average Bonchev–Trinajstić information content (AvgIpc) is 2.67. The molecular formula is C20H10F3N3O. The monoisotopic (exact) mass is 365 g/mol. The van der Waals surface area contributed by atoms with Gasteiger partial charge in [0.2, 0.25) is 0 Å². The Hall–Kier alpha value is -3.84. The minimum atomic E-state index is -0.904. The Labute approximate surface area is 152 Å². The van der Waals surface area contributed by atoms with E-state index in [1.54, 1.807) is 6.07 Å². The summed E-state index contributed by atoms with van der Waals surface area (Å²) in [5.41, 5.74) is -1.29. The second kappa shape index (κ2) is 7.19. The lowest BCUT2D eigenvalue weighted by molar-refractivity contribution is 0.366. The number of allylic oxidation sites excluding steroid dienone is 1. The van der Waals surface area contributed by atoms with Gasteiger partial charge in [0.25, 0.3) is 0 Å². The SMILES string of the molecule is [C-]#[N+]/C(C#N)=C(\OC)c1ccc2cc(F)c(-c3ccccc3F)nc2c1F. The fourth-order valence-electron chi connectivity index (χ4n) is 2.66. The topological polar surface area (TPSA) is 50.3 Å². The standard InChI is InChI=1S/C20H10F3N3O/c1-25-16(10-24)20(27-2)13-8-7-11-9-15(22)19(26-18(11)17(13)23)12-5-3-4-6-14(12)21/h3-9H,2H3/b20-16-. The maximum Gasteiger partial charge on any atom is 0.303 e. The number of nitriles is 1. The number of aromatic nitrogens is 1. The molecule has 3 rings (SSSR count). The predicted molar refractivity (Wildman–Crippen MR) is 93.2 cm³/mol. The molecule has 7 heteroatoms. The summed E-state index contributed by atoms with van der Waals surface area (Å²) in [6.07, 6.45) is 0. The number of nitrogens with zero attached hydrogens (tertiary/aromatic N) is 3. The van der Waals surface area contributed by atoms with Gasteiger partial charge in [0, 0.05) is 16.5 Å². The summed E-state index contributed by atoms with van der Waals surface area (Å²) in [6.45, 7) is 7.01. The van der Waals surface area contributed by atoms with Gasteiger partial charge < -0.3 is 4.74 Å². The maximum absolute atomic E-state index is 15.1. The van der Waals surface area contributed by atoms with Crippen LogP contribution < -0.4 is 0 Å². The molecule has 4 nitrogen and oxygen atoms in total. The van der Waals surface area contributed by atoms with Gasteiger partial charge in [0.1, 0.15) is 28.6 Å². The highest BCUT2D eigenvalue weighted by Crippen LogP contribution is 2.31. The van der Waals surface area contributed by atoms with Crippen LogP contribution in [0.2, 0.25) is 0 Å². The Balaban J connectivity index is 2.33. The van der Waals surface area contributed by atoms with E-state index in [1.807, 2.05) is 0 Å². The fourth-order valence-corrected chi connectivity index (χ4v) is 2.66. The lowest BCUT2D eigenvalue weighted by Crippen LogP contribution is -2.00.